The number of carbonyl (C=O) groups is 1. The minimum Gasteiger partial charge on any atom is -0.320 e. The lowest BCUT2D eigenvalue weighted by Gasteiger charge is -2.11. The van der Waals surface area contributed by atoms with E-state index < -0.39 is 0 Å². The van der Waals surface area contributed by atoms with Crippen molar-refractivity contribution < 1.29 is 4.79 Å². The maximum atomic E-state index is 12.8. The average molecular weight is 329 g/mol. The van der Waals surface area contributed by atoms with Crippen LogP contribution in [0.5, 0.6) is 0 Å². The van der Waals surface area contributed by atoms with Crippen LogP contribution in [0.1, 0.15) is 10.4 Å². The SMILES string of the molecule is O=C(Nc1cccnc1)c1cnn(-c2ccccc2)c1-n1cccc1. The number of anilines is 1. The fourth-order valence-corrected chi connectivity index (χ4v) is 2.62. The Balaban J connectivity index is 1.78. The second-order valence-corrected chi connectivity index (χ2v) is 5.42. The van der Waals surface area contributed by atoms with Crippen molar-refractivity contribution in [2.24, 2.45) is 0 Å². The van der Waals surface area contributed by atoms with Gasteiger partial charge in [0, 0.05) is 18.6 Å². The van der Waals surface area contributed by atoms with E-state index in [9.17, 15) is 4.79 Å². The maximum Gasteiger partial charge on any atom is 0.261 e. The molecule has 0 bridgehead atoms. The zero-order chi connectivity index (χ0) is 17.1. The first-order valence-electron chi connectivity index (χ1n) is 7.81. The van der Waals surface area contributed by atoms with Crippen molar-refractivity contribution in [2.45, 2.75) is 0 Å². The standard InChI is InChI=1S/C19H15N5O/c25-18(22-15-7-6-10-20-13-15)17-14-21-24(16-8-2-1-3-9-16)19(17)23-11-4-5-12-23/h1-14H,(H,22,25). The second-order valence-electron chi connectivity index (χ2n) is 5.42. The summed E-state index contributed by atoms with van der Waals surface area (Å²) in [6, 6.07) is 17.1. The van der Waals surface area contributed by atoms with Crippen LogP contribution in [0.25, 0.3) is 11.5 Å². The summed E-state index contributed by atoms with van der Waals surface area (Å²) in [5.41, 5.74) is 1.99. The molecule has 4 aromatic rings. The number of aromatic nitrogens is 4. The molecule has 25 heavy (non-hydrogen) atoms. The third-order valence-corrected chi connectivity index (χ3v) is 3.76. The Kier molecular flexibility index (Phi) is 3.84. The summed E-state index contributed by atoms with van der Waals surface area (Å²) in [5, 5.41) is 7.28. The molecule has 1 N–H and O–H groups in total. The van der Waals surface area contributed by atoms with E-state index in [4.69, 9.17) is 0 Å². The number of pyridine rings is 1. The normalized spacial score (nSPS) is 10.6. The lowest BCUT2D eigenvalue weighted by molar-refractivity contribution is 0.102. The molecular formula is C19H15N5O. The zero-order valence-corrected chi connectivity index (χ0v) is 13.3. The van der Waals surface area contributed by atoms with Gasteiger partial charge < -0.3 is 9.88 Å². The fraction of sp³-hybridized carbons (Fsp3) is 0. The third-order valence-electron chi connectivity index (χ3n) is 3.76. The van der Waals surface area contributed by atoms with Gasteiger partial charge in [0.05, 0.1) is 23.8 Å². The number of carbonyl (C=O) groups excluding carboxylic acids is 1. The molecule has 0 spiro atoms. The van der Waals surface area contributed by atoms with Gasteiger partial charge in [0.25, 0.3) is 5.91 Å². The van der Waals surface area contributed by atoms with E-state index in [1.807, 2.05) is 59.4 Å². The molecule has 0 unspecified atom stereocenters. The molecule has 6 nitrogen and oxygen atoms in total. The Bertz CT molecular complexity index is 975. The van der Waals surface area contributed by atoms with Gasteiger partial charge in [-0.25, -0.2) is 4.68 Å². The molecule has 3 heterocycles. The van der Waals surface area contributed by atoms with Crippen LogP contribution in [-0.4, -0.2) is 25.2 Å². The Morgan fingerprint density at radius 3 is 2.44 bits per heavy atom. The van der Waals surface area contributed by atoms with Crippen molar-refractivity contribution in [1.82, 2.24) is 19.3 Å². The summed E-state index contributed by atoms with van der Waals surface area (Å²) < 4.78 is 3.62. The first-order valence-corrected chi connectivity index (χ1v) is 7.81. The molecule has 4 rings (SSSR count). The van der Waals surface area contributed by atoms with Crippen LogP contribution < -0.4 is 5.32 Å². The molecule has 0 aliphatic heterocycles. The maximum absolute atomic E-state index is 12.8. The smallest absolute Gasteiger partial charge is 0.261 e. The van der Waals surface area contributed by atoms with Crippen LogP contribution in [0.15, 0.2) is 85.6 Å². The number of para-hydroxylation sites is 1. The molecule has 0 radical (unpaired) electrons. The summed E-state index contributed by atoms with van der Waals surface area (Å²) in [6.07, 6.45) is 8.62. The molecule has 0 aliphatic carbocycles. The molecule has 0 fully saturated rings. The summed E-state index contributed by atoms with van der Waals surface area (Å²) in [7, 11) is 0. The van der Waals surface area contributed by atoms with E-state index in [0.29, 0.717) is 17.1 Å². The minimum absolute atomic E-state index is 0.237. The molecule has 3 aromatic heterocycles. The first-order chi connectivity index (χ1) is 12.3. The topological polar surface area (TPSA) is 64.7 Å². The van der Waals surface area contributed by atoms with Gasteiger partial charge in [-0.2, -0.15) is 5.10 Å². The van der Waals surface area contributed by atoms with Gasteiger partial charge in [-0.15, -0.1) is 0 Å². The average Bonchev–Trinajstić information content (AvgIpc) is 3.32. The molecule has 0 saturated carbocycles. The van der Waals surface area contributed by atoms with Gasteiger partial charge in [-0.05, 0) is 36.4 Å². The fourth-order valence-electron chi connectivity index (χ4n) is 2.62. The number of nitrogens with zero attached hydrogens (tertiary/aromatic N) is 4. The van der Waals surface area contributed by atoms with Gasteiger partial charge in [0.15, 0.2) is 5.82 Å². The van der Waals surface area contributed by atoms with Crippen LogP contribution in [0, 0.1) is 0 Å². The summed E-state index contributed by atoms with van der Waals surface area (Å²) in [5.74, 6) is 0.441. The number of hydrogen-bond donors (Lipinski definition) is 1. The van der Waals surface area contributed by atoms with Crippen molar-refractivity contribution in [3.8, 4) is 11.5 Å². The number of amides is 1. The predicted molar refractivity (Wildman–Crippen MR) is 95.1 cm³/mol. The highest BCUT2D eigenvalue weighted by molar-refractivity contribution is 6.06. The quantitative estimate of drug-likeness (QED) is 0.625. The lowest BCUT2D eigenvalue weighted by Crippen LogP contribution is -2.15. The first kappa shape index (κ1) is 14.9. The Hall–Kier alpha value is -3.67. The van der Waals surface area contributed by atoms with Crippen molar-refractivity contribution in [1.29, 1.82) is 0 Å². The number of benzene rings is 1. The molecule has 6 heteroatoms. The molecule has 0 aliphatic rings. The van der Waals surface area contributed by atoms with Gasteiger partial charge in [0.2, 0.25) is 0 Å². The number of rotatable bonds is 4. The van der Waals surface area contributed by atoms with Crippen LogP contribution in [0.3, 0.4) is 0 Å². The van der Waals surface area contributed by atoms with Gasteiger partial charge >= 0.3 is 0 Å². The van der Waals surface area contributed by atoms with Gasteiger partial charge in [-0.3, -0.25) is 9.78 Å². The Morgan fingerprint density at radius 2 is 1.72 bits per heavy atom. The molecule has 122 valence electrons. The highest BCUT2D eigenvalue weighted by atomic mass is 16.1. The van der Waals surface area contributed by atoms with Crippen molar-refractivity contribution >= 4 is 11.6 Å². The largest absolute Gasteiger partial charge is 0.320 e. The molecular weight excluding hydrogens is 314 g/mol. The van der Waals surface area contributed by atoms with Crippen molar-refractivity contribution in [2.75, 3.05) is 5.32 Å². The molecule has 1 aromatic carbocycles. The van der Waals surface area contributed by atoms with E-state index in [1.165, 1.54) is 0 Å². The third kappa shape index (κ3) is 2.92. The summed E-state index contributed by atoms with van der Waals surface area (Å²) in [4.78, 5) is 16.8. The van der Waals surface area contributed by atoms with Crippen molar-refractivity contribution in [3.63, 3.8) is 0 Å². The van der Waals surface area contributed by atoms with E-state index >= 15 is 0 Å². The van der Waals surface area contributed by atoms with Gasteiger partial charge in [-0.1, -0.05) is 18.2 Å². The zero-order valence-electron chi connectivity index (χ0n) is 13.3. The van der Waals surface area contributed by atoms with Gasteiger partial charge in [0.1, 0.15) is 5.56 Å². The second kappa shape index (κ2) is 6.45. The van der Waals surface area contributed by atoms with Crippen LogP contribution in [0.2, 0.25) is 0 Å². The van der Waals surface area contributed by atoms with Crippen LogP contribution in [-0.2, 0) is 0 Å². The van der Waals surface area contributed by atoms with E-state index in [0.717, 1.165) is 5.69 Å². The lowest BCUT2D eigenvalue weighted by atomic mass is 10.2. The molecule has 0 saturated heterocycles. The Labute approximate surface area is 144 Å². The molecule has 0 atom stereocenters. The van der Waals surface area contributed by atoms with Crippen LogP contribution >= 0.6 is 0 Å². The van der Waals surface area contributed by atoms with E-state index in [2.05, 4.69) is 15.4 Å². The Morgan fingerprint density at radius 1 is 0.920 bits per heavy atom. The van der Waals surface area contributed by atoms with Crippen LogP contribution in [0.4, 0.5) is 5.69 Å². The number of hydrogen-bond acceptors (Lipinski definition) is 3. The summed E-state index contributed by atoms with van der Waals surface area (Å²) in [6.45, 7) is 0. The molecule has 1 amide bonds. The van der Waals surface area contributed by atoms with E-state index in [-0.39, 0.29) is 5.91 Å². The highest BCUT2D eigenvalue weighted by Gasteiger charge is 2.19. The predicted octanol–water partition coefficient (Wildman–Crippen LogP) is 3.31. The van der Waals surface area contributed by atoms with E-state index in [1.54, 1.807) is 35.4 Å². The minimum atomic E-state index is -0.237. The monoisotopic (exact) mass is 329 g/mol. The number of nitrogens with one attached hydrogen (secondary N) is 1. The highest BCUT2D eigenvalue weighted by Crippen LogP contribution is 2.20. The van der Waals surface area contributed by atoms with Crippen molar-refractivity contribution in [3.05, 3.63) is 91.1 Å². The summed E-state index contributed by atoms with van der Waals surface area (Å²) >= 11 is 0.